The topological polar surface area (TPSA) is 9.23 Å². The van der Waals surface area contributed by atoms with Crippen LogP contribution in [0.1, 0.15) is 82.6 Å². The van der Waals surface area contributed by atoms with Crippen molar-refractivity contribution in [2.45, 2.75) is 83.2 Å². The molecule has 0 amide bonds. The molecule has 3 heteroatoms. The van der Waals surface area contributed by atoms with Crippen molar-refractivity contribution in [3.63, 3.8) is 0 Å². The Morgan fingerprint density at radius 3 is 1.96 bits per heavy atom. The first kappa shape index (κ1) is 17.3. The molecule has 0 aliphatic heterocycles. The van der Waals surface area contributed by atoms with E-state index >= 15 is 0 Å². The molecular weight excluding hydrogens is 318 g/mol. The van der Waals surface area contributed by atoms with Crippen molar-refractivity contribution in [3.05, 3.63) is 29.3 Å². The molecule has 3 aliphatic rings. The Morgan fingerprint density at radius 2 is 1.36 bits per heavy atom. The van der Waals surface area contributed by atoms with Crippen LogP contribution in [0, 0.1) is 29.4 Å². The standard InChI is InChI=1S/C22H30F2O/c1-14-2-4-15(5-3-14)16-6-8-17(9-7-16)19-12-13-20(22(24)21(19)23)25-18-10-11-18/h12-18H,2-11H2,1H3. The SMILES string of the molecule is CC1CCC(C2CCC(c3ccc(OC4CC4)c(F)c3F)CC2)CC1. The number of halogens is 2. The Balaban J connectivity index is 1.38. The summed E-state index contributed by atoms with van der Waals surface area (Å²) in [6.07, 6.45) is 11.8. The zero-order valence-corrected chi connectivity index (χ0v) is 15.3. The molecule has 0 spiro atoms. The van der Waals surface area contributed by atoms with E-state index in [4.69, 9.17) is 4.74 Å². The third-order valence-electron chi connectivity index (χ3n) is 6.83. The maximum Gasteiger partial charge on any atom is 0.200 e. The summed E-state index contributed by atoms with van der Waals surface area (Å²) in [5.74, 6) is 1.36. The highest BCUT2D eigenvalue weighted by Gasteiger charge is 2.32. The zero-order chi connectivity index (χ0) is 17.4. The highest BCUT2D eigenvalue weighted by atomic mass is 19.2. The third kappa shape index (κ3) is 3.85. The fourth-order valence-corrected chi connectivity index (χ4v) is 4.98. The molecule has 4 rings (SSSR count). The van der Waals surface area contributed by atoms with Crippen LogP contribution in [0.25, 0.3) is 0 Å². The lowest BCUT2D eigenvalue weighted by molar-refractivity contribution is 0.164. The predicted octanol–water partition coefficient (Wildman–Crippen LogP) is 6.61. The first-order valence-corrected chi connectivity index (χ1v) is 10.3. The second kappa shape index (κ2) is 7.25. The van der Waals surface area contributed by atoms with Gasteiger partial charge in [-0.2, -0.15) is 4.39 Å². The smallest absolute Gasteiger partial charge is 0.200 e. The molecule has 0 saturated heterocycles. The average molecular weight is 348 g/mol. The average Bonchev–Trinajstić information content (AvgIpc) is 3.44. The lowest BCUT2D eigenvalue weighted by atomic mass is 9.68. The van der Waals surface area contributed by atoms with Crippen LogP contribution in [0.15, 0.2) is 12.1 Å². The van der Waals surface area contributed by atoms with Crippen molar-refractivity contribution in [2.24, 2.45) is 17.8 Å². The first-order chi connectivity index (χ1) is 12.1. The van der Waals surface area contributed by atoms with Gasteiger partial charge in [-0.1, -0.05) is 25.8 Å². The van der Waals surface area contributed by atoms with E-state index in [1.165, 1.54) is 38.5 Å². The molecule has 0 bridgehead atoms. The quantitative estimate of drug-likeness (QED) is 0.595. The van der Waals surface area contributed by atoms with Gasteiger partial charge in [0.25, 0.3) is 0 Å². The molecule has 0 aromatic heterocycles. The molecule has 0 atom stereocenters. The summed E-state index contributed by atoms with van der Waals surface area (Å²) in [6.45, 7) is 2.36. The molecular formula is C22H30F2O. The summed E-state index contributed by atoms with van der Waals surface area (Å²) in [5.41, 5.74) is 0.566. The largest absolute Gasteiger partial charge is 0.487 e. The van der Waals surface area contributed by atoms with Crippen LogP contribution in [0.5, 0.6) is 5.75 Å². The van der Waals surface area contributed by atoms with Crippen LogP contribution < -0.4 is 4.74 Å². The summed E-state index contributed by atoms with van der Waals surface area (Å²) >= 11 is 0. The highest BCUT2D eigenvalue weighted by Crippen LogP contribution is 2.45. The maximum absolute atomic E-state index is 14.6. The maximum atomic E-state index is 14.6. The molecule has 0 radical (unpaired) electrons. The second-order valence-corrected chi connectivity index (χ2v) is 8.73. The van der Waals surface area contributed by atoms with Gasteiger partial charge in [-0.25, -0.2) is 4.39 Å². The summed E-state index contributed by atoms with van der Waals surface area (Å²) in [4.78, 5) is 0. The molecule has 1 aromatic carbocycles. The Morgan fingerprint density at radius 1 is 0.760 bits per heavy atom. The summed E-state index contributed by atoms with van der Waals surface area (Å²) in [6, 6.07) is 3.41. The molecule has 3 aliphatic carbocycles. The van der Waals surface area contributed by atoms with Crippen LogP contribution >= 0.6 is 0 Å². The molecule has 3 fully saturated rings. The Labute approximate surface area is 150 Å². The highest BCUT2D eigenvalue weighted by molar-refractivity contribution is 5.33. The van der Waals surface area contributed by atoms with Gasteiger partial charge in [0.05, 0.1) is 6.10 Å². The summed E-state index contributed by atoms with van der Waals surface area (Å²) in [5, 5.41) is 0. The van der Waals surface area contributed by atoms with Crippen LogP contribution in [-0.4, -0.2) is 6.10 Å². The number of hydrogen-bond donors (Lipinski definition) is 0. The minimum atomic E-state index is -0.784. The van der Waals surface area contributed by atoms with E-state index in [1.54, 1.807) is 12.1 Å². The van der Waals surface area contributed by atoms with Crippen LogP contribution in [0.3, 0.4) is 0 Å². The molecule has 0 heterocycles. The number of ether oxygens (including phenoxy) is 1. The predicted molar refractivity (Wildman–Crippen MR) is 95.8 cm³/mol. The molecule has 1 aromatic rings. The van der Waals surface area contributed by atoms with Gasteiger partial charge in [-0.05, 0) is 86.7 Å². The van der Waals surface area contributed by atoms with Crippen molar-refractivity contribution in [2.75, 3.05) is 0 Å². The van der Waals surface area contributed by atoms with Gasteiger partial charge in [-0.15, -0.1) is 0 Å². The fraction of sp³-hybridized carbons (Fsp3) is 0.727. The molecule has 0 N–H and O–H groups in total. The Bertz CT molecular complexity index is 594. The Hall–Kier alpha value is -1.12. The van der Waals surface area contributed by atoms with Gasteiger partial charge in [0, 0.05) is 0 Å². The minimum Gasteiger partial charge on any atom is -0.487 e. The van der Waals surface area contributed by atoms with Gasteiger partial charge in [0.15, 0.2) is 11.6 Å². The van der Waals surface area contributed by atoms with E-state index in [1.807, 2.05) is 0 Å². The van der Waals surface area contributed by atoms with E-state index in [0.29, 0.717) is 5.56 Å². The lowest BCUT2D eigenvalue weighted by Crippen LogP contribution is -2.25. The number of rotatable bonds is 4. The van der Waals surface area contributed by atoms with E-state index in [2.05, 4.69) is 6.92 Å². The fourth-order valence-electron chi connectivity index (χ4n) is 4.98. The van der Waals surface area contributed by atoms with Crippen molar-refractivity contribution in [1.29, 1.82) is 0 Å². The second-order valence-electron chi connectivity index (χ2n) is 8.73. The van der Waals surface area contributed by atoms with Crippen LogP contribution in [0.4, 0.5) is 8.78 Å². The normalized spacial score (nSPS) is 33.2. The minimum absolute atomic E-state index is 0.0911. The van der Waals surface area contributed by atoms with Gasteiger partial charge >= 0.3 is 0 Å². The van der Waals surface area contributed by atoms with E-state index in [-0.39, 0.29) is 17.8 Å². The van der Waals surface area contributed by atoms with Crippen molar-refractivity contribution >= 4 is 0 Å². The van der Waals surface area contributed by atoms with E-state index in [9.17, 15) is 8.78 Å². The third-order valence-corrected chi connectivity index (χ3v) is 6.83. The Kier molecular flexibility index (Phi) is 5.01. The number of hydrogen-bond acceptors (Lipinski definition) is 1. The van der Waals surface area contributed by atoms with Gasteiger partial charge in [0.1, 0.15) is 0 Å². The van der Waals surface area contributed by atoms with Gasteiger partial charge in [-0.3, -0.25) is 0 Å². The zero-order valence-electron chi connectivity index (χ0n) is 15.3. The molecule has 3 saturated carbocycles. The molecule has 138 valence electrons. The summed E-state index contributed by atoms with van der Waals surface area (Å²) < 4.78 is 34.3. The molecule has 1 nitrogen and oxygen atoms in total. The van der Waals surface area contributed by atoms with Gasteiger partial charge in [0.2, 0.25) is 5.82 Å². The van der Waals surface area contributed by atoms with Crippen molar-refractivity contribution in [3.8, 4) is 5.75 Å². The number of benzene rings is 1. The van der Waals surface area contributed by atoms with E-state index in [0.717, 1.165) is 43.4 Å². The first-order valence-electron chi connectivity index (χ1n) is 10.3. The summed E-state index contributed by atoms with van der Waals surface area (Å²) in [7, 11) is 0. The van der Waals surface area contributed by atoms with E-state index < -0.39 is 11.6 Å². The lowest BCUT2D eigenvalue weighted by Gasteiger charge is -2.37. The van der Waals surface area contributed by atoms with Gasteiger partial charge < -0.3 is 4.74 Å². The van der Waals surface area contributed by atoms with Crippen molar-refractivity contribution in [1.82, 2.24) is 0 Å². The van der Waals surface area contributed by atoms with Crippen molar-refractivity contribution < 1.29 is 13.5 Å². The van der Waals surface area contributed by atoms with Crippen LogP contribution in [0.2, 0.25) is 0 Å². The monoisotopic (exact) mass is 348 g/mol. The molecule has 0 unspecified atom stereocenters. The van der Waals surface area contributed by atoms with Crippen LogP contribution in [-0.2, 0) is 0 Å². The molecule has 25 heavy (non-hydrogen) atoms.